The average Bonchev–Trinajstić information content (AvgIpc) is 3.39. The van der Waals surface area contributed by atoms with Gasteiger partial charge < -0.3 is 0 Å². The molecular formula is C24H13BrS2. The van der Waals surface area contributed by atoms with Gasteiger partial charge in [-0.05, 0) is 35.3 Å². The van der Waals surface area contributed by atoms with Crippen LogP contribution in [0.3, 0.4) is 0 Å². The van der Waals surface area contributed by atoms with Crippen LogP contribution in [-0.4, -0.2) is 0 Å². The fourth-order valence-electron chi connectivity index (χ4n) is 3.53. The van der Waals surface area contributed by atoms with Gasteiger partial charge >= 0.3 is 0 Å². The van der Waals surface area contributed by atoms with Crippen LogP contribution in [0.15, 0.2) is 83.2 Å². The number of rotatable bonds is 1. The van der Waals surface area contributed by atoms with Crippen molar-refractivity contribution in [1.82, 2.24) is 0 Å². The molecule has 0 nitrogen and oxygen atoms in total. The Kier molecular flexibility index (Phi) is 2.39. The lowest BCUT2D eigenvalue weighted by Crippen LogP contribution is -1.79. The van der Waals surface area contributed by atoms with E-state index in [1.807, 2.05) is 30.3 Å². The van der Waals surface area contributed by atoms with Gasteiger partial charge in [0.05, 0.1) is 8.22 Å². The zero-order valence-electron chi connectivity index (χ0n) is 19.7. The van der Waals surface area contributed by atoms with E-state index >= 15 is 0 Å². The fourth-order valence-corrected chi connectivity index (χ4v) is 6.44. The van der Waals surface area contributed by atoms with Crippen molar-refractivity contribution in [3.8, 4) is 11.1 Å². The third-order valence-electron chi connectivity index (χ3n) is 4.75. The zero-order chi connectivity index (χ0) is 23.2. The quantitative estimate of drug-likeness (QED) is 0.234. The predicted molar refractivity (Wildman–Crippen MR) is 125 cm³/mol. The second kappa shape index (κ2) is 5.90. The Morgan fingerprint density at radius 2 is 1.59 bits per heavy atom. The molecule has 2 aromatic heterocycles. The lowest BCUT2D eigenvalue weighted by molar-refractivity contribution is 1.72. The largest absolute Gasteiger partial charge is 0.135 e. The summed E-state index contributed by atoms with van der Waals surface area (Å²) in [5.74, 6) is 0. The van der Waals surface area contributed by atoms with Crippen LogP contribution in [0.4, 0.5) is 0 Å². The highest BCUT2D eigenvalue weighted by Crippen LogP contribution is 2.44. The Hall–Kier alpha value is -2.20. The van der Waals surface area contributed by atoms with Gasteiger partial charge in [-0.3, -0.25) is 0 Å². The molecular weight excluding hydrogens is 432 g/mol. The minimum absolute atomic E-state index is 0.000971. The van der Waals surface area contributed by atoms with E-state index in [-0.39, 0.29) is 36.3 Å². The SMILES string of the molecule is [2H]c1c([2H])c([2H])c2c(sc3c(-c4ccc5c(c4)sc4ccccc45)c([2H])c([2H])c(Br)c32)c1[2H]. The molecule has 0 atom stereocenters. The Morgan fingerprint density at radius 1 is 0.741 bits per heavy atom. The van der Waals surface area contributed by atoms with Gasteiger partial charge in [0.1, 0.15) is 0 Å². The van der Waals surface area contributed by atoms with Gasteiger partial charge in [0.2, 0.25) is 0 Å². The topological polar surface area (TPSA) is 0 Å². The first-order chi connectivity index (χ1) is 15.8. The Balaban J connectivity index is 1.77. The monoisotopic (exact) mass is 450 g/mol. The predicted octanol–water partition coefficient (Wildman–Crippen LogP) is 8.85. The van der Waals surface area contributed by atoms with E-state index in [1.54, 1.807) is 11.3 Å². The second-order valence-electron chi connectivity index (χ2n) is 6.26. The van der Waals surface area contributed by atoms with Crippen molar-refractivity contribution in [3.63, 3.8) is 0 Å². The summed E-state index contributed by atoms with van der Waals surface area (Å²) in [7, 11) is 0. The number of fused-ring (bicyclic) bond motifs is 6. The van der Waals surface area contributed by atoms with Crippen LogP contribution in [0.5, 0.6) is 0 Å². The molecule has 0 amide bonds. The van der Waals surface area contributed by atoms with Crippen LogP contribution in [0.1, 0.15) is 8.22 Å². The molecule has 0 aliphatic heterocycles. The van der Waals surface area contributed by atoms with Gasteiger partial charge in [-0.1, -0.05) is 70.4 Å². The van der Waals surface area contributed by atoms with Crippen LogP contribution in [0, 0.1) is 0 Å². The molecule has 6 aromatic rings. The molecule has 0 N–H and O–H groups in total. The molecule has 0 saturated heterocycles. The Bertz CT molecular complexity index is 1800. The summed E-state index contributed by atoms with van der Waals surface area (Å²) in [6.07, 6.45) is 0. The van der Waals surface area contributed by atoms with Crippen LogP contribution in [-0.2, 0) is 0 Å². The van der Waals surface area contributed by atoms with E-state index in [9.17, 15) is 0 Å². The number of hydrogen-bond donors (Lipinski definition) is 0. The molecule has 0 radical (unpaired) electrons. The van der Waals surface area contributed by atoms with Crippen molar-refractivity contribution in [2.24, 2.45) is 0 Å². The molecule has 3 heteroatoms. The van der Waals surface area contributed by atoms with Crippen LogP contribution in [0.25, 0.3) is 51.5 Å². The zero-order valence-corrected chi connectivity index (χ0v) is 17.0. The molecule has 0 unspecified atom stereocenters. The maximum Gasteiger partial charge on any atom is 0.0638 e. The van der Waals surface area contributed by atoms with Crippen molar-refractivity contribution in [3.05, 3.63) is 83.2 Å². The van der Waals surface area contributed by atoms with Crippen molar-refractivity contribution < 1.29 is 8.22 Å². The first-order valence-electron chi connectivity index (χ1n) is 11.3. The summed E-state index contributed by atoms with van der Waals surface area (Å²) in [5.41, 5.74) is 1.38. The Morgan fingerprint density at radius 3 is 2.56 bits per heavy atom. The van der Waals surface area contributed by atoms with Gasteiger partial charge in [-0.15, -0.1) is 22.7 Å². The van der Waals surface area contributed by atoms with E-state index < -0.39 is 0 Å². The number of benzene rings is 4. The van der Waals surface area contributed by atoms with Gasteiger partial charge in [-0.25, -0.2) is 0 Å². The highest BCUT2D eigenvalue weighted by Gasteiger charge is 2.14. The van der Waals surface area contributed by atoms with E-state index in [0.717, 1.165) is 15.6 Å². The Labute approximate surface area is 181 Å². The number of hydrogen-bond acceptors (Lipinski definition) is 2. The van der Waals surface area contributed by atoms with E-state index in [2.05, 4.69) is 28.1 Å². The summed E-state index contributed by atoms with van der Waals surface area (Å²) in [5, 5.41) is 3.28. The summed E-state index contributed by atoms with van der Waals surface area (Å²) in [6, 6.07) is 13.5. The highest BCUT2D eigenvalue weighted by atomic mass is 79.9. The third kappa shape index (κ3) is 2.32. The normalized spacial score (nSPS) is 15.0. The molecule has 0 saturated carbocycles. The summed E-state index contributed by atoms with van der Waals surface area (Å²) >= 11 is 6.38. The van der Waals surface area contributed by atoms with Gasteiger partial charge in [-0.2, -0.15) is 0 Å². The van der Waals surface area contributed by atoms with Crippen molar-refractivity contribution in [2.45, 2.75) is 0 Å². The van der Waals surface area contributed by atoms with Crippen molar-refractivity contribution in [1.29, 1.82) is 0 Å². The molecule has 0 aliphatic rings. The number of halogens is 1. The molecule has 2 heterocycles. The summed E-state index contributed by atoms with van der Waals surface area (Å²) in [6.45, 7) is 0. The maximum absolute atomic E-state index is 8.76. The van der Waals surface area contributed by atoms with Crippen molar-refractivity contribution >= 4 is 78.9 Å². The number of thiophene rings is 2. The van der Waals surface area contributed by atoms with Gasteiger partial charge in [0.15, 0.2) is 0 Å². The van der Waals surface area contributed by atoms with Crippen LogP contribution < -0.4 is 0 Å². The lowest BCUT2D eigenvalue weighted by Gasteiger charge is -2.06. The maximum atomic E-state index is 8.76. The van der Waals surface area contributed by atoms with Gasteiger partial charge in [0, 0.05) is 44.8 Å². The first-order valence-corrected chi connectivity index (χ1v) is 10.7. The molecule has 0 aliphatic carbocycles. The average molecular weight is 451 g/mol. The highest BCUT2D eigenvalue weighted by molar-refractivity contribution is 9.10. The smallest absolute Gasteiger partial charge is 0.0638 e. The lowest BCUT2D eigenvalue weighted by atomic mass is 10.0. The second-order valence-corrected chi connectivity index (χ2v) is 9.16. The molecule has 4 aromatic carbocycles. The van der Waals surface area contributed by atoms with Crippen LogP contribution >= 0.6 is 38.6 Å². The van der Waals surface area contributed by atoms with E-state index in [0.29, 0.717) is 30.2 Å². The minimum atomic E-state index is -0.297. The minimum Gasteiger partial charge on any atom is -0.135 e. The van der Waals surface area contributed by atoms with Gasteiger partial charge in [0.25, 0.3) is 0 Å². The van der Waals surface area contributed by atoms with E-state index in [1.165, 1.54) is 21.4 Å². The third-order valence-corrected chi connectivity index (χ3v) is 7.60. The van der Waals surface area contributed by atoms with Crippen molar-refractivity contribution in [2.75, 3.05) is 0 Å². The molecule has 128 valence electrons. The van der Waals surface area contributed by atoms with E-state index in [4.69, 9.17) is 8.22 Å². The molecule has 0 spiro atoms. The molecule has 27 heavy (non-hydrogen) atoms. The summed E-state index contributed by atoms with van der Waals surface area (Å²) < 4.78 is 54.2. The fraction of sp³-hybridized carbons (Fsp3) is 0. The molecule has 6 rings (SSSR count). The first kappa shape index (κ1) is 11.0. The molecule has 0 bridgehead atoms. The van der Waals surface area contributed by atoms with Crippen LogP contribution in [0.2, 0.25) is 0 Å². The molecule has 0 fully saturated rings. The summed E-state index contributed by atoms with van der Waals surface area (Å²) in [4.78, 5) is 0. The standard InChI is InChI=1S/C24H13BrS2/c25-19-12-11-15(24-23(19)18-6-2-4-8-21(18)27-24)14-9-10-17-16-5-1-3-7-20(16)26-22(17)13-14/h1-13H/i2D,4D,6D,8D,11D,12D.